The van der Waals surface area contributed by atoms with E-state index in [2.05, 4.69) is 19.2 Å². The predicted octanol–water partition coefficient (Wildman–Crippen LogP) is 1.92. The average molecular weight is 265 g/mol. The highest BCUT2D eigenvalue weighted by Crippen LogP contribution is 2.12. The summed E-state index contributed by atoms with van der Waals surface area (Å²) in [5, 5.41) is 3.43. The first-order chi connectivity index (χ1) is 8.98. The quantitative estimate of drug-likeness (QED) is 0.765. The van der Waals surface area contributed by atoms with Crippen LogP contribution in [0.3, 0.4) is 0 Å². The van der Waals surface area contributed by atoms with Gasteiger partial charge in [0.2, 0.25) is 0 Å². The molecule has 19 heavy (non-hydrogen) atoms. The lowest BCUT2D eigenvalue weighted by atomic mass is 10.0. The number of benzene rings is 1. The molecule has 0 aliphatic carbocycles. The molecule has 0 saturated carbocycles. The Morgan fingerprint density at radius 2 is 1.84 bits per heavy atom. The summed E-state index contributed by atoms with van der Waals surface area (Å²) in [5.74, 6) is -0.219. The van der Waals surface area contributed by atoms with Crippen LogP contribution in [0.15, 0.2) is 24.3 Å². The van der Waals surface area contributed by atoms with Crippen LogP contribution < -0.4 is 5.32 Å². The van der Waals surface area contributed by atoms with E-state index < -0.39 is 0 Å². The molecule has 0 radical (unpaired) electrons. The van der Waals surface area contributed by atoms with Gasteiger partial charge in [-0.3, -0.25) is 4.79 Å². The first kappa shape index (κ1) is 15.7. The average Bonchev–Trinajstić information content (AvgIpc) is 2.37. The van der Waals surface area contributed by atoms with Gasteiger partial charge in [0.05, 0.1) is 20.1 Å². The number of carbonyl (C=O) groups is 1. The summed E-state index contributed by atoms with van der Waals surface area (Å²) in [7, 11) is 3.10. The molecule has 0 saturated heterocycles. The molecule has 0 amide bonds. The molecule has 0 fully saturated rings. The standard InChI is InChI=1S/C15H23NO3/c1-15(2,11-18-3)16-10-13-8-6-5-7-12(13)9-14(17)19-4/h5-8,16H,9-11H2,1-4H3. The van der Waals surface area contributed by atoms with Crippen molar-refractivity contribution < 1.29 is 14.3 Å². The molecule has 1 aromatic carbocycles. The molecule has 1 N–H and O–H groups in total. The molecule has 4 heteroatoms. The molecular weight excluding hydrogens is 242 g/mol. The predicted molar refractivity (Wildman–Crippen MR) is 75.0 cm³/mol. The van der Waals surface area contributed by atoms with Gasteiger partial charge in [0, 0.05) is 19.2 Å². The maximum atomic E-state index is 11.4. The molecular formula is C15H23NO3. The Labute approximate surface area is 115 Å². The highest BCUT2D eigenvalue weighted by Gasteiger charge is 2.17. The first-order valence-corrected chi connectivity index (χ1v) is 6.36. The van der Waals surface area contributed by atoms with E-state index >= 15 is 0 Å². The zero-order valence-electron chi connectivity index (χ0n) is 12.2. The number of ether oxygens (including phenoxy) is 2. The molecule has 1 rings (SSSR count). The zero-order chi connectivity index (χ0) is 14.3. The molecule has 0 atom stereocenters. The number of rotatable bonds is 7. The van der Waals surface area contributed by atoms with E-state index in [0.717, 1.165) is 11.1 Å². The maximum Gasteiger partial charge on any atom is 0.309 e. The molecule has 0 heterocycles. The van der Waals surface area contributed by atoms with Crippen molar-refractivity contribution in [2.24, 2.45) is 0 Å². The number of carbonyl (C=O) groups excluding carboxylic acids is 1. The summed E-state index contributed by atoms with van der Waals surface area (Å²) in [6, 6.07) is 7.88. The van der Waals surface area contributed by atoms with Crippen molar-refractivity contribution >= 4 is 5.97 Å². The van der Waals surface area contributed by atoms with Crippen molar-refractivity contribution in [3.05, 3.63) is 35.4 Å². The van der Waals surface area contributed by atoms with Gasteiger partial charge in [-0.25, -0.2) is 0 Å². The summed E-state index contributed by atoms with van der Waals surface area (Å²) < 4.78 is 9.88. The van der Waals surface area contributed by atoms with Crippen LogP contribution in [-0.2, 0) is 27.2 Å². The van der Waals surface area contributed by atoms with Crippen molar-refractivity contribution in [2.75, 3.05) is 20.8 Å². The Bertz CT molecular complexity index is 416. The Kier molecular flexibility index (Phi) is 5.99. The Morgan fingerprint density at radius 1 is 1.21 bits per heavy atom. The van der Waals surface area contributed by atoms with E-state index in [1.165, 1.54) is 7.11 Å². The molecule has 0 aliphatic rings. The van der Waals surface area contributed by atoms with Crippen LogP contribution in [0.1, 0.15) is 25.0 Å². The van der Waals surface area contributed by atoms with Crippen LogP contribution >= 0.6 is 0 Å². The van der Waals surface area contributed by atoms with E-state index in [4.69, 9.17) is 9.47 Å². The fourth-order valence-corrected chi connectivity index (χ4v) is 1.88. The second-order valence-corrected chi connectivity index (χ2v) is 5.19. The minimum Gasteiger partial charge on any atom is -0.469 e. The van der Waals surface area contributed by atoms with Gasteiger partial charge in [0.1, 0.15) is 0 Å². The number of methoxy groups -OCH3 is 2. The van der Waals surface area contributed by atoms with Gasteiger partial charge in [-0.1, -0.05) is 24.3 Å². The normalized spacial score (nSPS) is 11.4. The molecule has 0 bridgehead atoms. The Hall–Kier alpha value is -1.39. The van der Waals surface area contributed by atoms with Crippen molar-refractivity contribution in [3.8, 4) is 0 Å². The van der Waals surface area contributed by atoms with Crippen LogP contribution in [0.2, 0.25) is 0 Å². The topological polar surface area (TPSA) is 47.6 Å². The van der Waals surface area contributed by atoms with E-state index in [9.17, 15) is 4.79 Å². The molecule has 0 spiro atoms. The van der Waals surface area contributed by atoms with Gasteiger partial charge in [-0.2, -0.15) is 0 Å². The van der Waals surface area contributed by atoms with Gasteiger partial charge in [-0.05, 0) is 25.0 Å². The Morgan fingerprint density at radius 3 is 2.42 bits per heavy atom. The van der Waals surface area contributed by atoms with Crippen LogP contribution in [0, 0.1) is 0 Å². The lowest BCUT2D eigenvalue weighted by Gasteiger charge is -2.26. The number of hydrogen-bond acceptors (Lipinski definition) is 4. The third-order valence-corrected chi connectivity index (χ3v) is 2.94. The SMILES string of the molecule is COCC(C)(C)NCc1ccccc1CC(=O)OC. The van der Waals surface area contributed by atoms with Crippen molar-refractivity contribution in [1.82, 2.24) is 5.32 Å². The largest absolute Gasteiger partial charge is 0.469 e. The van der Waals surface area contributed by atoms with Crippen LogP contribution in [0.25, 0.3) is 0 Å². The summed E-state index contributed by atoms with van der Waals surface area (Å²) >= 11 is 0. The van der Waals surface area contributed by atoms with Crippen LogP contribution in [0.4, 0.5) is 0 Å². The lowest BCUT2D eigenvalue weighted by molar-refractivity contribution is -0.139. The molecule has 0 aromatic heterocycles. The van der Waals surface area contributed by atoms with Gasteiger partial charge in [0.15, 0.2) is 0 Å². The van der Waals surface area contributed by atoms with Crippen molar-refractivity contribution in [2.45, 2.75) is 32.4 Å². The second kappa shape index (κ2) is 7.26. The maximum absolute atomic E-state index is 11.4. The number of hydrogen-bond donors (Lipinski definition) is 1. The van der Waals surface area contributed by atoms with E-state index in [0.29, 0.717) is 19.6 Å². The minimum absolute atomic E-state index is 0.104. The fraction of sp³-hybridized carbons (Fsp3) is 0.533. The summed E-state index contributed by atoms with van der Waals surface area (Å²) in [6.07, 6.45) is 0.305. The highest BCUT2D eigenvalue weighted by molar-refractivity contribution is 5.72. The smallest absolute Gasteiger partial charge is 0.309 e. The van der Waals surface area contributed by atoms with Gasteiger partial charge >= 0.3 is 5.97 Å². The third-order valence-electron chi connectivity index (χ3n) is 2.94. The molecule has 1 aromatic rings. The van der Waals surface area contributed by atoms with Gasteiger partial charge in [-0.15, -0.1) is 0 Å². The van der Waals surface area contributed by atoms with Gasteiger partial charge in [0.25, 0.3) is 0 Å². The summed E-state index contributed by atoms with van der Waals surface area (Å²) in [4.78, 5) is 11.4. The number of nitrogens with one attached hydrogen (secondary N) is 1. The van der Waals surface area contributed by atoms with Crippen molar-refractivity contribution in [1.29, 1.82) is 0 Å². The number of esters is 1. The van der Waals surface area contributed by atoms with E-state index in [1.807, 2.05) is 24.3 Å². The fourth-order valence-electron chi connectivity index (χ4n) is 1.88. The van der Waals surface area contributed by atoms with Gasteiger partial charge < -0.3 is 14.8 Å². The molecule has 4 nitrogen and oxygen atoms in total. The molecule has 0 aliphatic heterocycles. The minimum atomic E-state index is -0.219. The molecule has 106 valence electrons. The monoisotopic (exact) mass is 265 g/mol. The van der Waals surface area contributed by atoms with Crippen molar-refractivity contribution in [3.63, 3.8) is 0 Å². The van der Waals surface area contributed by atoms with E-state index in [1.54, 1.807) is 7.11 Å². The lowest BCUT2D eigenvalue weighted by Crippen LogP contribution is -2.42. The molecule has 0 unspecified atom stereocenters. The van der Waals surface area contributed by atoms with E-state index in [-0.39, 0.29) is 11.5 Å². The zero-order valence-corrected chi connectivity index (χ0v) is 12.2. The highest BCUT2D eigenvalue weighted by atomic mass is 16.5. The summed E-state index contributed by atoms with van der Waals surface area (Å²) in [5.41, 5.74) is 2.00. The second-order valence-electron chi connectivity index (χ2n) is 5.19. The summed E-state index contributed by atoms with van der Waals surface area (Å²) in [6.45, 7) is 5.49. The van der Waals surface area contributed by atoms with Crippen LogP contribution in [0.5, 0.6) is 0 Å². The third kappa shape index (κ3) is 5.41. The Balaban J connectivity index is 2.70. The first-order valence-electron chi connectivity index (χ1n) is 6.36. The van der Waals surface area contributed by atoms with Crippen LogP contribution in [-0.4, -0.2) is 32.3 Å².